The Bertz CT molecular complexity index is 1270. The molecule has 0 spiro atoms. The van der Waals surface area contributed by atoms with E-state index in [9.17, 15) is 8.42 Å². The largest absolute Gasteiger partial charge is 0.496 e. The van der Waals surface area contributed by atoms with Gasteiger partial charge in [0.25, 0.3) is 10.0 Å². The normalized spacial score (nSPS) is 11.3. The van der Waals surface area contributed by atoms with Crippen molar-refractivity contribution in [3.63, 3.8) is 0 Å². The van der Waals surface area contributed by atoms with Gasteiger partial charge in [-0.2, -0.15) is 5.10 Å². The molecule has 0 bridgehead atoms. The molecule has 2 aromatic heterocycles. The van der Waals surface area contributed by atoms with E-state index in [4.69, 9.17) is 4.74 Å². The molecule has 2 heterocycles. The van der Waals surface area contributed by atoms with Gasteiger partial charge in [0.1, 0.15) is 11.6 Å². The predicted octanol–water partition coefficient (Wildman–Crippen LogP) is 4.02. The van der Waals surface area contributed by atoms with Gasteiger partial charge in [-0.15, -0.1) is 11.3 Å². The highest BCUT2D eigenvalue weighted by atomic mass is 32.2. The predicted molar refractivity (Wildman–Crippen MR) is 122 cm³/mol. The lowest BCUT2D eigenvalue weighted by Gasteiger charge is -2.08. The summed E-state index contributed by atoms with van der Waals surface area (Å²) in [7, 11) is -0.172. The topological polar surface area (TPSA) is 98.1 Å². The average Bonchev–Trinajstić information content (AvgIpc) is 3.38. The maximum Gasteiger partial charge on any atom is 0.263 e. The highest BCUT2D eigenvalue weighted by Gasteiger charge is 2.15. The van der Waals surface area contributed by atoms with Crippen LogP contribution < -0.4 is 14.8 Å². The fourth-order valence-corrected chi connectivity index (χ4v) is 4.88. The third kappa shape index (κ3) is 4.86. The fraction of sp³-hybridized carbons (Fsp3) is 0.143. The minimum atomic E-state index is -3.68. The number of nitrogens with zero attached hydrogens (tertiary/aromatic N) is 3. The van der Waals surface area contributed by atoms with E-state index in [1.54, 1.807) is 47.6 Å². The van der Waals surface area contributed by atoms with E-state index in [1.165, 1.54) is 11.3 Å². The molecule has 4 rings (SSSR count). The van der Waals surface area contributed by atoms with Crippen molar-refractivity contribution in [1.82, 2.24) is 14.8 Å². The average molecular weight is 456 g/mol. The first kappa shape index (κ1) is 20.9. The Hall–Kier alpha value is -3.37. The SMILES string of the molecule is COc1ccccc1Cc1cc(Nc2ccc(S(=O)(=O)Nc3nccs3)cc2)n(C)n1. The second-order valence-electron chi connectivity index (χ2n) is 6.73. The van der Waals surface area contributed by atoms with Crippen molar-refractivity contribution in [2.75, 3.05) is 17.1 Å². The monoisotopic (exact) mass is 455 g/mol. The van der Waals surface area contributed by atoms with E-state index in [-0.39, 0.29) is 4.90 Å². The summed E-state index contributed by atoms with van der Waals surface area (Å²) in [5.41, 5.74) is 2.69. The van der Waals surface area contributed by atoms with Crippen LogP contribution >= 0.6 is 11.3 Å². The minimum absolute atomic E-state index is 0.162. The van der Waals surface area contributed by atoms with Gasteiger partial charge >= 0.3 is 0 Å². The highest BCUT2D eigenvalue weighted by Crippen LogP contribution is 2.24. The number of thiazole rings is 1. The second kappa shape index (κ2) is 8.78. The van der Waals surface area contributed by atoms with E-state index in [0.29, 0.717) is 11.6 Å². The summed E-state index contributed by atoms with van der Waals surface area (Å²) in [6, 6.07) is 16.3. The lowest BCUT2D eigenvalue weighted by atomic mass is 10.1. The van der Waals surface area contributed by atoms with E-state index >= 15 is 0 Å². The van der Waals surface area contributed by atoms with Crippen LogP contribution in [-0.2, 0) is 23.5 Å². The molecule has 0 aliphatic carbocycles. The van der Waals surface area contributed by atoms with Crippen molar-refractivity contribution >= 4 is 38.0 Å². The lowest BCUT2D eigenvalue weighted by molar-refractivity contribution is 0.410. The molecule has 31 heavy (non-hydrogen) atoms. The van der Waals surface area contributed by atoms with Crippen molar-refractivity contribution in [1.29, 1.82) is 0 Å². The Morgan fingerprint density at radius 3 is 2.61 bits per heavy atom. The lowest BCUT2D eigenvalue weighted by Crippen LogP contribution is -2.12. The quantitative estimate of drug-likeness (QED) is 0.416. The minimum Gasteiger partial charge on any atom is -0.496 e. The number of sulfonamides is 1. The molecule has 0 unspecified atom stereocenters. The second-order valence-corrected chi connectivity index (χ2v) is 9.30. The molecule has 0 saturated heterocycles. The van der Waals surface area contributed by atoms with Crippen LogP contribution in [0.25, 0.3) is 0 Å². The number of aromatic nitrogens is 3. The van der Waals surface area contributed by atoms with E-state index in [0.717, 1.165) is 28.5 Å². The number of benzene rings is 2. The molecular weight excluding hydrogens is 434 g/mol. The third-order valence-electron chi connectivity index (χ3n) is 4.59. The van der Waals surface area contributed by atoms with Gasteiger partial charge < -0.3 is 10.1 Å². The number of anilines is 3. The molecule has 4 aromatic rings. The number of methoxy groups -OCH3 is 1. The summed E-state index contributed by atoms with van der Waals surface area (Å²) < 4.78 is 34.6. The number of hydrogen-bond acceptors (Lipinski definition) is 7. The van der Waals surface area contributed by atoms with Gasteiger partial charge in [-0.25, -0.2) is 13.4 Å². The molecule has 160 valence electrons. The van der Waals surface area contributed by atoms with Gasteiger partial charge in [0.2, 0.25) is 0 Å². The molecule has 0 atom stereocenters. The maximum absolute atomic E-state index is 12.5. The van der Waals surface area contributed by atoms with Crippen LogP contribution in [0.5, 0.6) is 5.75 Å². The number of aryl methyl sites for hydroxylation is 1. The highest BCUT2D eigenvalue weighted by molar-refractivity contribution is 7.93. The third-order valence-corrected chi connectivity index (χ3v) is 6.76. The zero-order valence-electron chi connectivity index (χ0n) is 16.9. The summed E-state index contributed by atoms with van der Waals surface area (Å²) in [6.45, 7) is 0. The van der Waals surface area contributed by atoms with Crippen LogP contribution in [0.4, 0.5) is 16.6 Å². The number of para-hydroxylation sites is 1. The van der Waals surface area contributed by atoms with E-state index in [2.05, 4.69) is 20.1 Å². The van der Waals surface area contributed by atoms with Gasteiger partial charge in [-0.05, 0) is 30.3 Å². The Morgan fingerprint density at radius 2 is 1.90 bits per heavy atom. The molecule has 0 saturated carbocycles. The molecule has 8 nitrogen and oxygen atoms in total. The van der Waals surface area contributed by atoms with Gasteiger partial charge in [-0.3, -0.25) is 9.40 Å². The molecule has 0 fully saturated rings. The Kier molecular flexibility index (Phi) is 5.92. The molecule has 0 amide bonds. The molecule has 0 aliphatic heterocycles. The summed E-state index contributed by atoms with van der Waals surface area (Å²) in [4.78, 5) is 4.11. The zero-order chi connectivity index (χ0) is 21.8. The van der Waals surface area contributed by atoms with Crippen LogP contribution in [-0.4, -0.2) is 30.3 Å². The van der Waals surface area contributed by atoms with E-state index in [1.807, 2.05) is 37.4 Å². The fourth-order valence-electron chi connectivity index (χ4n) is 3.09. The van der Waals surface area contributed by atoms with Crippen LogP contribution in [0.15, 0.2) is 71.1 Å². The molecule has 2 aromatic carbocycles. The smallest absolute Gasteiger partial charge is 0.263 e. The first-order valence-corrected chi connectivity index (χ1v) is 11.7. The van der Waals surface area contributed by atoms with Gasteiger partial charge in [0.15, 0.2) is 5.13 Å². The number of ether oxygens (including phenoxy) is 1. The number of hydrogen-bond donors (Lipinski definition) is 2. The summed E-state index contributed by atoms with van der Waals surface area (Å²) in [6.07, 6.45) is 2.19. The number of nitrogens with one attached hydrogen (secondary N) is 2. The summed E-state index contributed by atoms with van der Waals surface area (Å²) in [5.74, 6) is 1.62. The van der Waals surface area contributed by atoms with Crippen molar-refractivity contribution in [2.45, 2.75) is 11.3 Å². The summed E-state index contributed by atoms with van der Waals surface area (Å²) >= 11 is 1.22. The molecular formula is C21H21N5O3S2. The molecule has 2 N–H and O–H groups in total. The zero-order valence-corrected chi connectivity index (χ0v) is 18.6. The molecule has 0 aliphatic rings. The van der Waals surface area contributed by atoms with Gasteiger partial charge in [0, 0.05) is 42.4 Å². The van der Waals surface area contributed by atoms with Crippen LogP contribution in [0.1, 0.15) is 11.3 Å². The van der Waals surface area contributed by atoms with Crippen molar-refractivity contribution in [3.8, 4) is 5.75 Å². The Balaban J connectivity index is 1.47. The van der Waals surface area contributed by atoms with Crippen molar-refractivity contribution in [2.24, 2.45) is 7.05 Å². The first-order chi connectivity index (χ1) is 14.9. The Morgan fingerprint density at radius 1 is 1.13 bits per heavy atom. The standard InChI is InChI=1S/C21H21N5O3S2/c1-26-20(14-17(24-26)13-15-5-3-4-6-19(15)29-2)23-16-7-9-18(10-8-16)31(27,28)25-21-22-11-12-30-21/h3-12,14,23H,13H2,1-2H3,(H,22,25). The van der Waals surface area contributed by atoms with Crippen LogP contribution in [0.2, 0.25) is 0 Å². The Labute approximate surface area is 184 Å². The van der Waals surface area contributed by atoms with Crippen molar-refractivity contribution < 1.29 is 13.2 Å². The molecule has 0 radical (unpaired) electrons. The van der Waals surface area contributed by atoms with E-state index < -0.39 is 10.0 Å². The van der Waals surface area contributed by atoms with Crippen LogP contribution in [0.3, 0.4) is 0 Å². The number of rotatable bonds is 8. The van der Waals surface area contributed by atoms with Gasteiger partial charge in [0.05, 0.1) is 17.7 Å². The van der Waals surface area contributed by atoms with Gasteiger partial charge in [-0.1, -0.05) is 18.2 Å². The van der Waals surface area contributed by atoms with Crippen LogP contribution in [0, 0.1) is 0 Å². The maximum atomic E-state index is 12.5. The first-order valence-electron chi connectivity index (χ1n) is 9.39. The molecule has 10 heteroatoms. The summed E-state index contributed by atoms with van der Waals surface area (Å²) in [5, 5.41) is 9.88. The van der Waals surface area contributed by atoms with Crippen molar-refractivity contribution in [3.05, 3.63) is 77.4 Å².